The summed E-state index contributed by atoms with van der Waals surface area (Å²) in [4.78, 5) is 15.6. The van der Waals surface area contributed by atoms with Crippen molar-refractivity contribution in [3.05, 3.63) is 167 Å². The summed E-state index contributed by atoms with van der Waals surface area (Å²) >= 11 is 0. The Balaban J connectivity index is 0.969. The van der Waals surface area contributed by atoms with E-state index in [1.807, 2.05) is 6.07 Å². The summed E-state index contributed by atoms with van der Waals surface area (Å²) in [5, 5.41) is 0. The quantitative estimate of drug-likeness (QED) is 0.184. The lowest BCUT2D eigenvalue weighted by Crippen LogP contribution is -2.59. The summed E-state index contributed by atoms with van der Waals surface area (Å²) < 4.78 is 6.74. The highest BCUT2D eigenvalue weighted by molar-refractivity contribution is 5.92. The molecule has 0 saturated heterocycles. The standard InChI is InChI=1S/C50H39N3O/c1-2-10-30(11-3-1)45-51-46(31-18-21-33(22-19-31)48-27-35-25-34-26-36(28-48)49(34,35)29-48)53-47(52-45)32-20-23-44-42(24-32)50(41-16-8-9-17-43(41)54-44)39-14-6-4-12-37(39)38-13-5-7-15-40(38)50/h1-6,8-14,16-24,34-36H,7,15,25-29H2/t34-,35-,36?,48?,49-,50?/m1/s1. The molecule has 4 heteroatoms. The minimum Gasteiger partial charge on any atom is -0.457 e. The molecule has 2 spiro atoms. The monoisotopic (exact) mass is 697 g/mol. The maximum Gasteiger partial charge on any atom is 0.164 e. The molecule has 54 heavy (non-hydrogen) atoms. The molecule has 13 rings (SSSR count). The normalized spacial score (nSPS) is 29.7. The highest BCUT2D eigenvalue weighted by Crippen LogP contribution is 2.84. The van der Waals surface area contributed by atoms with Gasteiger partial charge in [-0.3, -0.25) is 0 Å². The van der Waals surface area contributed by atoms with Gasteiger partial charge in [-0.2, -0.15) is 0 Å². The van der Waals surface area contributed by atoms with E-state index in [9.17, 15) is 0 Å². The van der Waals surface area contributed by atoms with Crippen molar-refractivity contribution in [1.82, 2.24) is 15.0 Å². The summed E-state index contributed by atoms with van der Waals surface area (Å²) in [6.45, 7) is 0. The van der Waals surface area contributed by atoms with Crippen LogP contribution in [-0.2, 0) is 10.8 Å². The zero-order valence-corrected chi connectivity index (χ0v) is 30.1. The minimum absolute atomic E-state index is 0.376. The SMILES string of the molecule is C1=CC2=C(CC1)C1(c3ccccc3Oc3ccc(-c4nc(-c5ccccc5)nc(-c5ccc(C67CC8C[C@H]9C[C@H](C6)[C@]89C7)cc5)n4)cc31)c1ccccc12. The maximum atomic E-state index is 6.74. The van der Waals surface area contributed by atoms with Crippen LogP contribution in [0.2, 0.25) is 0 Å². The van der Waals surface area contributed by atoms with Crippen molar-refractivity contribution in [3.63, 3.8) is 0 Å². The number of benzene rings is 5. The number of nitrogens with zero attached hydrogens (tertiary/aromatic N) is 3. The van der Waals surface area contributed by atoms with Gasteiger partial charge in [0.25, 0.3) is 0 Å². The summed E-state index contributed by atoms with van der Waals surface area (Å²) in [6.07, 6.45) is 13.8. The molecule has 7 aliphatic rings. The molecule has 0 N–H and O–H groups in total. The Morgan fingerprint density at radius 3 is 1.98 bits per heavy atom. The predicted molar refractivity (Wildman–Crippen MR) is 212 cm³/mol. The number of hydrogen-bond acceptors (Lipinski definition) is 4. The third kappa shape index (κ3) is 3.62. The second-order valence-electron chi connectivity index (χ2n) is 17.2. The minimum atomic E-state index is -0.469. The molecule has 4 saturated carbocycles. The first-order chi connectivity index (χ1) is 26.6. The van der Waals surface area contributed by atoms with Crippen molar-refractivity contribution < 1.29 is 4.74 Å². The fourth-order valence-electron chi connectivity index (χ4n) is 13.0. The van der Waals surface area contributed by atoms with Gasteiger partial charge < -0.3 is 4.74 Å². The Hall–Kier alpha value is -5.61. The van der Waals surface area contributed by atoms with Crippen LogP contribution in [0.4, 0.5) is 0 Å². The van der Waals surface area contributed by atoms with E-state index in [2.05, 4.69) is 127 Å². The van der Waals surface area contributed by atoms with Gasteiger partial charge in [0.1, 0.15) is 11.5 Å². The van der Waals surface area contributed by atoms with Crippen LogP contribution in [-0.4, -0.2) is 15.0 Å². The first-order valence-corrected chi connectivity index (χ1v) is 20.0. The summed E-state index contributed by atoms with van der Waals surface area (Å²) in [5.74, 6) is 6.84. The van der Waals surface area contributed by atoms with Crippen LogP contribution in [0.15, 0.2) is 139 Å². The number of para-hydroxylation sites is 1. The highest BCUT2D eigenvalue weighted by Gasteiger charge is 2.77. The number of aromatic nitrogens is 3. The van der Waals surface area contributed by atoms with Crippen LogP contribution in [0.3, 0.4) is 0 Å². The number of fused-ring (bicyclic) bond motifs is 9. The Morgan fingerprint density at radius 1 is 0.574 bits per heavy atom. The summed E-state index contributed by atoms with van der Waals surface area (Å²) in [5.41, 5.74) is 12.9. The molecular formula is C50H39N3O. The molecule has 6 aliphatic carbocycles. The molecule has 0 amide bonds. The van der Waals surface area contributed by atoms with Crippen LogP contribution in [0.5, 0.6) is 11.5 Å². The molecule has 260 valence electrons. The molecule has 6 atom stereocenters. The molecule has 1 aromatic heterocycles. The van der Waals surface area contributed by atoms with Gasteiger partial charge in [-0.15, -0.1) is 0 Å². The number of hydrogen-bond donors (Lipinski definition) is 0. The van der Waals surface area contributed by atoms with Crippen LogP contribution in [0, 0.1) is 23.2 Å². The third-order valence-corrected chi connectivity index (χ3v) is 15.2. The van der Waals surface area contributed by atoms with Crippen molar-refractivity contribution in [2.24, 2.45) is 23.2 Å². The van der Waals surface area contributed by atoms with Gasteiger partial charge in [-0.05, 0) is 126 Å². The summed E-state index contributed by atoms with van der Waals surface area (Å²) in [6, 6.07) is 43.8. The molecule has 4 nitrogen and oxygen atoms in total. The molecule has 4 fully saturated rings. The molecule has 0 radical (unpaired) electrons. The lowest BCUT2D eigenvalue weighted by Gasteiger charge is -2.66. The van der Waals surface area contributed by atoms with E-state index in [1.165, 1.54) is 65.5 Å². The molecular weight excluding hydrogens is 659 g/mol. The highest BCUT2D eigenvalue weighted by atomic mass is 16.5. The van der Waals surface area contributed by atoms with E-state index >= 15 is 0 Å². The molecule has 3 unspecified atom stereocenters. The molecule has 2 bridgehead atoms. The second kappa shape index (κ2) is 10.3. The maximum absolute atomic E-state index is 6.74. The first-order valence-electron chi connectivity index (χ1n) is 20.0. The lowest BCUT2D eigenvalue weighted by atomic mass is 9.38. The zero-order chi connectivity index (χ0) is 35.2. The largest absolute Gasteiger partial charge is 0.457 e. The van der Waals surface area contributed by atoms with E-state index < -0.39 is 5.41 Å². The first kappa shape index (κ1) is 29.8. The van der Waals surface area contributed by atoms with E-state index in [4.69, 9.17) is 19.7 Å². The van der Waals surface area contributed by atoms with Gasteiger partial charge in [0.05, 0.1) is 5.41 Å². The van der Waals surface area contributed by atoms with E-state index in [1.54, 1.807) is 0 Å². The Bertz CT molecular complexity index is 2640. The average molecular weight is 698 g/mol. The van der Waals surface area contributed by atoms with E-state index in [0.717, 1.165) is 64.3 Å². The Labute approximate surface area is 315 Å². The Morgan fingerprint density at radius 2 is 1.22 bits per heavy atom. The topological polar surface area (TPSA) is 47.9 Å². The van der Waals surface area contributed by atoms with Gasteiger partial charge in [-0.1, -0.05) is 109 Å². The van der Waals surface area contributed by atoms with Crippen molar-refractivity contribution in [3.8, 4) is 45.7 Å². The zero-order valence-electron chi connectivity index (χ0n) is 30.1. The van der Waals surface area contributed by atoms with Gasteiger partial charge in [0.2, 0.25) is 0 Å². The molecule has 5 aromatic carbocycles. The van der Waals surface area contributed by atoms with E-state index in [-0.39, 0.29) is 0 Å². The van der Waals surface area contributed by atoms with Crippen molar-refractivity contribution >= 4 is 5.57 Å². The molecule has 6 aromatic rings. The van der Waals surface area contributed by atoms with Gasteiger partial charge in [0.15, 0.2) is 17.5 Å². The van der Waals surface area contributed by atoms with Crippen LogP contribution < -0.4 is 4.74 Å². The fraction of sp³-hybridized carbons (Fsp3) is 0.260. The number of ether oxygens (including phenoxy) is 1. The van der Waals surface area contributed by atoms with Crippen molar-refractivity contribution in [2.45, 2.75) is 55.8 Å². The summed E-state index contributed by atoms with van der Waals surface area (Å²) in [7, 11) is 0. The Kier molecular flexibility index (Phi) is 5.70. The van der Waals surface area contributed by atoms with Gasteiger partial charge >= 0.3 is 0 Å². The van der Waals surface area contributed by atoms with E-state index in [0.29, 0.717) is 28.3 Å². The lowest BCUT2D eigenvalue weighted by molar-refractivity contribution is -0.175. The van der Waals surface area contributed by atoms with Gasteiger partial charge in [-0.25, -0.2) is 15.0 Å². The van der Waals surface area contributed by atoms with Crippen molar-refractivity contribution in [2.75, 3.05) is 0 Å². The van der Waals surface area contributed by atoms with Gasteiger partial charge in [0, 0.05) is 27.8 Å². The molecule has 1 aliphatic heterocycles. The predicted octanol–water partition coefficient (Wildman–Crippen LogP) is 11.5. The van der Waals surface area contributed by atoms with Crippen molar-refractivity contribution in [1.29, 1.82) is 0 Å². The smallest absolute Gasteiger partial charge is 0.164 e. The number of allylic oxidation sites excluding steroid dienone is 4. The molecule has 2 heterocycles. The van der Waals surface area contributed by atoms with Crippen LogP contribution >= 0.6 is 0 Å². The fourth-order valence-corrected chi connectivity index (χ4v) is 13.0. The van der Waals surface area contributed by atoms with Crippen LogP contribution in [0.1, 0.15) is 72.8 Å². The second-order valence-corrected chi connectivity index (χ2v) is 17.2. The average Bonchev–Trinajstić information content (AvgIpc) is 3.83. The van der Waals surface area contributed by atoms with Crippen LogP contribution in [0.25, 0.3) is 39.7 Å². The third-order valence-electron chi connectivity index (χ3n) is 15.2. The number of rotatable bonds is 4.